The summed E-state index contributed by atoms with van der Waals surface area (Å²) in [7, 11) is 0. The van der Waals surface area contributed by atoms with Gasteiger partial charge in [0, 0.05) is 26.1 Å². The van der Waals surface area contributed by atoms with Crippen LogP contribution in [0.3, 0.4) is 0 Å². The van der Waals surface area contributed by atoms with E-state index in [1.165, 1.54) is 0 Å². The molecular weight excluding hydrogens is 404 g/mol. The molecule has 3 aliphatic rings. The molecule has 1 amide bonds. The first-order valence-electron chi connectivity index (χ1n) is 11.8. The molecule has 2 atom stereocenters. The number of fused-ring (bicyclic) bond motifs is 1. The van der Waals surface area contributed by atoms with E-state index in [2.05, 4.69) is 4.90 Å². The van der Waals surface area contributed by atoms with Crippen LogP contribution in [-0.4, -0.2) is 58.2 Å². The summed E-state index contributed by atoms with van der Waals surface area (Å²) < 4.78 is 5.71. The summed E-state index contributed by atoms with van der Waals surface area (Å²) in [6, 6.07) is 11.1. The number of likely N-dealkylation sites (tertiary alicyclic amines) is 2. The van der Waals surface area contributed by atoms with Crippen molar-refractivity contribution in [1.82, 2.24) is 9.80 Å². The van der Waals surface area contributed by atoms with Gasteiger partial charge in [-0.3, -0.25) is 14.5 Å². The number of esters is 1. The number of ether oxygens (including phenoxy) is 1. The molecule has 0 bridgehead atoms. The van der Waals surface area contributed by atoms with Crippen molar-refractivity contribution < 1.29 is 19.4 Å². The van der Waals surface area contributed by atoms with E-state index in [-0.39, 0.29) is 23.8 Å². The number of rotatable bonds is 2. The van der Waals surface area contributed by atoms with Crippen LogP contribution in [0.15, 0.2) is 36.4 Å². The second-order valence-corrected chi connectivity index (χ2v) is 10.3. The van der Waals surface area contributed by atoms with Crippen LogP contribution in [0.2, 0.25) is 0 Å². The SMILES string of the molecule is CC1(C)CC2(CCCN(C3CCCCN3C(=O)c3c(O)ccc4ccccc34)C2)C(=O)O1. The first kappa shape index (κ1) is 21.3. The van der Waals surface area contributed by atoms with Crippen molar-refractivity contribution in [3.05, 3.63) is 42.0 Å². The molecule has 5 rings (SSSR count). The number of amides is 1. The monoisotopic (exact) mass is 436 g/mol. The Bertz CT molecular complexity index is 1060. The van der Waals surface area contributed by atoms with E-state index < -0.39 is 11.0 Å². The van der Waals surface area contributed by atoms with Crippen LogP contribution in [-0.2, 0) is 9.53 Å². The predicted octanol–water partition coefficient (Wildman–Crippen LogP) is 4.31. The van der Waals surface area contributed by atoms with E-state index in [1.807, 2.05) is 49.1 Å². The van der Waals surface area contributed by atoms with Crippen molar-refractivity contribution >= 4 is 22.6 Å². The zero-order valence-electron chi connectivity index (χ0n) is 19.0. The molecule has 0 saturated carbocycles. The van der Waals surface area contributed by atoms with Crippen LogP contribution in [0.4, 0.5) is 0 Å². The van der Waals surface area contributed by atoms with Crippen molar-refractivity contribution in [2.45, 2.75) is 64.1 Å². The quantitative estimate of drug-likeness (QED) is 0.711. The minimum atomic E-state index is -0.477. The number of aromatic hydroxyl groups is 1. The number of phenolic OH excluding ortho intramolecular Hbond substituents is 1. The van der Waals surface area contributed by atoms with Crippen LogP contribution in [0.25, 0.3) is 10.8 Å². The molecule has 1 N–H and O–H groups in total. The molecule has 3 aliphatic heterocycles. The van der Waals surface area contributed by atoms with Gasteiger partial charge in [-0.2, -0.15) is 0 Å². The van der Waals surface area contributed by atoms with E-state index in [4.69, 9.17) is 4.74 Å². The molecule has 0 aromatic heterocycles. The summed E-state index contributed by atoms with van der Waals surface area (Å²) in [6.45, 7) is 6.12. The number of benzene rings is 2. The van der Waals surface area contributed by atoms with Gasteiger partial charge in [0.1, 0.15) is 11.4 Å². The molecule has 32 heavy (non-hydrogen) atoms. The van der Waals surface area contributed by atoms with Crippen molar-refractivity contribution in [3.8, 4) is 5.75 Å². The van der Waals surface area contributed by atoms with Gasteiger partial charge >= 0.3 is 5.97 Å². The largest absolute Gasteiger partial charge is 0.507 e. The third kappa shape index (κ3) is 3.54. The fraction of sp³-hybridized carbons (Fsp3) is 0.538. The number of carbonyl (C=O) groups excluding carboxylic acids is 2. The van der Waals surface area contributed by atoms with E-state index in [0.717, 1.165) is 55.8 Å². The fourth-order valence-electron chi connectivity index (χ4n) is 6.17. The number of nitrogens with zero attached hydrogens (tertiary/aromatic N) is 2. The molecule has 2 aromatic carbocycles. The van der Waals surface area contributed by atoms with Crippen LogP contribution < -0.4 is 0 Å². The Morgan fingerprint density at radius 1 is 1.09 bits per heavy atom. The van der Waals surface area contributed by atoms with Gasteiger partial charge in [0.2, 0.25) is 0 Å². The summed E-state index contributed by atoms with van der Waals surface area (Å²) in [5, 5.41) is 12.4. The lowest BCUT2D eigenvalue weighted by Gasteiger charge is -2.47. The number of carbonyl (C=O) groups is 2. The van der Waals surface area contributed by atoms with Gasteiger partial charge < -0.3 is 14.7 Å². The van der Waals surface area contributed by atoms with Crippen molar-refractivity contribution in [2.75, 3.05) is 19.6 Å². The van der Waals surface area contributed by atoms with E-state index in [0.29, 0.717) is 18.7 Å². The second kappa shape index (κ2) is 7.77. The van der Waals surface area contributed by atoms with Gasteiger partial charge in [-0.1, -0.05) is 30.3 Å². The molecular formula is C26H32N2O4. The van der Waals surface area contributed by atoms with E-state index in [1.54, 1.807) is 6.07 Å². The lowest BCUT2D eigenvalue weighted by atomic mass is 9.75. The Balaban J connectivity index is 1.46. The minimum absolute atomic E-state index is 0.0225. The maximum atomic E-state index is 13.8. The average molecular weight is 437 g/mol. The lowest BCUT2D eigenvalue weighted by Crippen LogP contribution is -2.58. The summed E-state index contributed by atoms with van der Waals surface area (Å²) in [5.41, 5.74) is -0.532. The highest BCUT2D eigenvalue weighted by Crippen LogP contribution is 2.47. The zero-order chi connectivity index (χ0) is 22.5. The lowest BCUT2D eigenvalue weighted by molar-refractivity contribution is -0.155. The van der Waals surface area contributed by atoms with Gasteiger partial charge in [0.05, 0.1) is 17.1 Å². The Labute approximate surface area is 189 Å². The summed E-state index contributed by atoms with van der Waals surface area (Å²) in [4.78, 5) is 30.9. The highest BCUT2D eigenvalue weighted by atomic mass is 16.6. The molecule has 3 heterocycles. The number of hydrogen-bond acceptors (Lipinski definition) is 5. The molecule has 6 heteroatoms. The van der Waals surface area contributed by atoms with Gasteiger partial charge in [-0.15, -0.1) is 0 Å². The Morgan fingerprint density at radius 2 is 1.91 bits per heavy atom. The topological polar surface area (TPSA) is 70.1 Å². The summed E-state index contributed by atoms with van der Waals surface area (Å²) >= 11 is 0. The smallest absolute Gasteiger partial charge is 0.314 e. The number of phenols is 1. The molecule has 0 radical (unpaired) electrons. The second-order valence-electron chi connectivity index (χ2n) is 10.3. The van der Waals surface area contributed by atoms with Crippen molar-refractivity contribution in [1.29, 1.82) is 0 Å². The third-order valence-corrected chi connectivity index (χ3v) is 7.45. The fourth-order valence-corrected chi connectivity index (χ4v) is 6.17. The highest BCUT2D eigenvalue weighted by Gasteiger charge is 2.55. The molecule has 2 unspecified atom stereocenters. The van der Waals surface area contributed by atoms with Crippen LogP contribution in [0, 0.1) is 5.41 Å². The standard InChI is InChI=1S/C26H32N2O4/c1-25(2)16-26(24(31)32-25)13-7-14-27(17-26)21-10-5-6-15-28(21)23(30)22-19-9-4-3-8-18(19)11-12-20(22)29/h3-4,8-9,11-12,21,29H,5-7,10,13-17H2,1-2H3. The zero-order valence-corrected chi connectivity index (χ0v) is 19.0. The molecule has 0 aliphatic carbocycles. The molecule has 3 fully saturated rings. The molecule has 170 valence electrons. The first-order valence-corrected chi connectivity index (χ1v) is 11.8. The van der Waals surface area contributed by atoms with Crippen LogP contribution in [0.5, 0.6) is 5.75 Å². The van der Waals surface area contributed by atoms with Crippen molar-refractivity contribution in [2.24, 2.45) is 5.41 Å². The predicted molar refractivity (Wildman–Crippen MR) is 122 cm³/mol. The van der Waals surface area contributed by atoms with Gasteiger partial charge in [-0.05, 0) is 62.8 Å². The van der Waals surface area contributed by atoms with Crippen molar-refractivity contribution in [3.63, 3.8) is 0 Å². The van der Waals surface area contributed by atoms with Crippen LogP contribution >= 0.6 is 0 Å². The first-order chi connectivity index (χ1) is 15.3. The maximum Gasteiger partial charge on any atom is 0.314 e. The molecule has 3 saturated heterocycles. The summed E-state index contributed by atoms with van der Waals surface area (Å²) in [6.07, 6.45) is 5.30. The van der Waals surface area contributed by atoms with Gasteiger partial charge in [0.25, 0.3) is 5.91 Å². The molecule has 2 aromatic rings. The number of piperidine rings is 2. The van der Waals surface area contributed by atoms with Crippen LogP contribution in [0.1, 0.15) is 62.7 Å². The highest BCUT2D eigenvalue weighted by molar-refractivity contribution is 6.09. The number of hydrogen-bond donors (Lipinski definition) is 1. The van der Waals surface area contributed by atoms with E-state index in [9.17, 15) is 14.7 Å². The Hall–Kier alpha value is -2.60. The Kier molecular flexibility index (Phi) is 5.16. The Morgan fingerprint density at radius 3 is 2.69 bits per heavy atom. The van der Waals surface area contributed by atoms with Gasteiger partial charge in [0.15, 0.2) is 0 Å². The molecule has 6 nitrogen and oxygen atoms in total. The maximum absolute atomic E-state index is 13.8. The number of cyclic esters (lactones) is 1. The average Bonchev–Trinajstić information content (AvgIpc) is 3.00. The van der Waals surface area contributed by atoms with Gasteiger partial charge in [-0.25, -0.2) is 0 Å². The minimum Gasteiger partial charge on any atom is -0.507 e. The third-order valence-electron chi connectivity index (χ3n) is 7.45. The summed E-state index contributed by atoms with van der Waals surface area (Å²) in [5.74, 6) is -0.195. The molecule has 1 spiro atoms. The van der Waals surface area contributed by atoms with E-state index >= 15 is 0 Å². The normalized spacial score (nSPS) is 28.2.